The van der Waals surface area contributed by atoms with Crippen LogP contribution in [0.5, 0.6) is 0 Å². The predicted molar refractivity (Wildman–Crippen MR) is 65.1 cm³/mol. The molecule has 0 aromatic heterocycles. The molecular weight excluding hydrogens is 216 g/mol. The van der Waals surface area contributed by atoms with Crippen LogP contribution in [0.25, 0.3) is 0 Å². The van der Waals surface area contributed by atoms with Gasteiger partial charge in [0.05, 0.1) is 11.7 Å². The van der Waals surface area contributed by atoms with Crippen molar-refractivity contribution in [1.82, 2.24) is 4.90 Å². The molecule has 0 aliphatic carbocycles. The van der Waals surface area contributed by atoms with Crippen molar-refractivity contribution in [2.75, 3.05) is 13.1 Å². The van der Waals surface area contributed by atoms with Crippen molar-refractivity contribution in [2.24, 2.45) is 5.41 Å². The largest absolute Gasteiger partial charge is 0.390 e. The molecule has 96 valence electrons. The third kappa shape index (κ3) is 3.19. The molecule has 17 heavy (non-hydrogen) atoms. The first-order chi connectivity index (χ1) is 7.84. The van der Waals surface area contributed by atoms with E-state index in [0.717, 1.165) is 6.42 Å². The van der Waals surface area contributed by atoms with Crippen LogP contribution in [0.2, 0.25) is 0 Å². The number of nitrogens with zero attached hydrogens (tertiary/aromatic N) is 2. The summed E-state index contributed by atoms with van der Waals surface area (Å²) in [5, 5.41) is 19.1. The highest BCUT2D eigenvalue weighted by Gasteiger charge is 2.37. The van der Waals surface area contributed by atoms with E-state index in [1.165, 1.54) is 0 Å². The maximum atomic E-state index is 12.3. The molecule has 4 nitrogen and oxygen atoms in total. The van der Waals surface area contributed by atoms with E-state index in [1.54, 1.807) is 11.8 Å². The fraction of sp³-hybridized carbons (Fsp3) is 0.846. The normalized spacial score (nSPS) is 29.0. The van der Waals surface area contributed by atoms with Crippen LogP contribution in [-0.4, -0.2) is 34.6 Å². The number of hydrogen-bond donors (Lipinski definition) is 1. The van der Waals surface area contributed by atoms with Gasteiger partial charge in [0, 0.05) is 13.1 Å². The van der Waals surface area contributed by atoms with Gasteiger partial charge >= 0.3 is 0 Å². The Morgan fingerprint density at radius 3 is 2.71 bits per heavy atom. The van der Waals surface area contributed by atoms with Crippen molar-refractivity contribution in [1.29, 1.82) is 5.26 Å². The van der Waals surface area contributed by atoms with E-state index in [9.17, 15) is 9.90 Å². The number of amides is 1. The molecule has 0 saturated carbocycles. The van der Waals surface area contributed by atoms with Gasteiger partial charge in [0.1, 0.15) is 5.41 Å². The van der Waals surface area contributed by atoms with E-state index in [4.69, 9.17) is 5.26 Å². The number of nitriles is 1. The molecule has 0 aromatic rings. The minimum absolute atomic E-state index is 0.0970. The van der Waals surface area contributed by atoms with Crippen LogP contribution in [-0.2, 0) is 4.79 Å². The van der Waals surface area contributed by atoms with E-state index < -0.39 is 11.0 Å². The lowest BCUT2D eigenvalue weighted by Gasteiger charge is -2.28. The molecule has 4 heteroatoms. The summed E-state index contributed by atoms with van der Waals surface area (Å²) >= 11 is 0. The zero-order chi connectivity index (χ0) is 13.1. The fourth-order valence-electron chi connectivity index (χ4n) is 2.09. The van der Waals surface area contributed by atoms with Gasteiger partial charge in [0.25, 0.3) is 0 Å². The predicted octanol–water partition coefficient (Wildman–Crippen LogP) is 1.69. The quantitative estimate of drug-likeness (QED) is 0.796. The zero-order valence-electron chi connectivity index (χ0n) is 11.0. The molecule has 2 atom stereocenters. The maximum Gasteiger partial charge on any atom is 0.242 e. The molecule has 1 fully saturated rings. The summed E-state index contributed by atoms with van der Waals surface area (Å²) in [6.07, 6.45) is 2.62. The molecule has 2 unspecified atom stereocenters. The van der Waals surface area contributed by atoms with E-state index in [2.05, 4.69) is 6.07 Å². The lowest BCUT2D eigenvalue weighted by atomic mass is 9.87. The van der Waals surface area contributed by atoms with Gasteiger partial charge < -0.3 is 10.0 Å². The van der Waals surface area contributed by atoms with Crippen molar-refractivity contribution in [3.05, 3.63) is 0 Å². The van der Waals surface area contributed by atoms with Gasteiger partial charge in [0.15, 0.2) is 0 Å². The van der Waals surface area contributed by atoms with Crippen LogP contribution < -0.4 is 0 Å². The minimum Gasteiger partial charge on any atom is -0.390 e. The van der Waals surface area contributed by atoms with Crippen LogP contribution in [0.4, 0.5) is 0 Å². The van der Waals surface area contributed by atoms with Crippen LogP contribution >= 0.6 is 0 Å². The van der Waals surface area contributed by atoms with Gasteiger partial charge in [-0.3, -0.25) is 4.79 Å². The molecule has 1 heterocycles. The molecular formula is C13H22N2O2. The summed E-state index contributed by atoms with van der Waals surface area (Å²) in [7, 11) is 0. The van der Waals surface area contributed by atoms with E-state index in [0.29, 0.717) is 32.4 Å². The van der Waals surface area contributed by atoms with E-state index in [-0.39, 0.29) is 5.91 Å². The summed E-state index contributed by atoms with van der Waals surface area (Å²) in [5.74, 6) is -0.0970. The van der Waals surface area contributed by atoms with Crippen molar-refractivity contribution >= 4 is 5.91 Å². The van der Waals surface area contributed by atoms with Crippen molar-refractivity contribution < 1.29 is 9.90 Å². The fourth-order valence-corrected chi connectivity index (χ4v) is 2.09. The Bertz CT molecular complexity index is 333. The second kappa shape index (κ2) is 5.05. The lowest BCUT2D eigenvalue weighted by molar-refractivity contribution is -0.138. The summed E-state index contributed by atoms with van der Waals surface area (Å²) in [5.41, 5.74) is -1.60. The number of rotatable bonds is 2. The molecule has 0 bridgehead atoms. The number of carbonyl (C=O) groups excluding carboxylic acids is 1. The van der Waals surface area contributed by atoms with E-state index >= 15 is 0 Å². The number of carbonyl (C=O) groups is 1. The highest BCUT2D eigenvalue weighted by atomic mass is 16.3. The van der Waals surface area contributed by atoms with Gasteiger partial charge in [-0.25, -0.2) is 0 Å². The summed E-state index contributed by atoms with van der Waals surface area (Å²) < 4.78 is 0. The maximum absolute atomic E-state index is 12.3. The monoisotopic (exact) mass is 238 g/mol. The van der Waals surface area contributed by atoms with Crippen molar-refractivity contribution in [3.8, 4) is 6.07 Å². The zero-order valence-corrected chi connectivity index (χ0v) is 11.0. The Labute approximate surface area is 103 Å². The van der Waals surface area contributed by atoms with Gasteiger partial charge in [-0.1, -0.05) is 6.92 Å². The van der Waals surface area contributed by atoms with Crippen LogP contribution in [0.1, 0.15) is 46.5 Å². The van der Waals surface area contributed by atoms with Gasteiger partial charge in [-0.2, -0.15) is 5.26 Å². The van der Waals surface area contributed by atoms with Crippen LogP contribution in [0.3, 0.4) is 0 Å². The number of likely N-dealkylation sites (tertiary alicyclic amines) is 1. The second-order valence-electron chi connectivity index (χ2n) is 5.44. The van der Waals surface area contributed by atoms with E-state index in [1.807, 2.05) is 13.8 Å². The molecule has 0 spiro atoms. The average molecular weight is 238 g/mol. The highest BCUT2D eigenvalue weighted by molar-refractivity contribution is 5.85. The molecule has 1 aliphatic heterocycles. The molecule has 1 saturated heterocycles. The van der Waals surface area contributed by atoms with Gasteiger partial charge in [-0.15, -0.1) is 0 Å². The molecule has 0 radical (unpaired) electrons. The third-order valence-corrected chi connectivity index (χ3v) is 3.78. The average Bonchev–Trinajstić information content (AvgIpc) is 2.48. The topological polar surface area (TPSA) is 64.3 Å². The first kappa shape index (κ1) is 14.0. The lowest BCUT2D eigenvalue weighted by Crippen LogP contribution is -2.42. The molecule has 0 aromatic carbocycles. The third-order valence-electron chi connectivity index (χ3n) is 3.78. The summed E-state index contributed by atoms with van der Waals surface area (Å²) in [6, 6.07) is 2.11. The molecule has 1 rings (SSSR count). The molecule has 1 aliphatic rings. The smallest absolute Gasteiger partial charge is 0.242 e. The van der Waals surface area contributed by atoms with Gasteiger partial charge in [0.2, 0.25) is 5.91 Å². The number of hydrogen-bond acceptors (Lipinski definition) is 3. The van der Waals surface area contributed by atoms with Crippen molar-refractivity contribution in [2.45, 2.75) is 52.1 Å². The minimum atomic E-state index is -0.920. The summed E-state index contributed by atoms with van der Waals surface area (Å²) in [6.45, 7) is 6.55. The first-order valence-electron chi connectivity index (χ1n) is 6.28. The van der Waals surface area contributed by atoms with Gasteiger partial charge in [-0.05, 0) is 39.5 Å². The number of aliphatic hydroxyl groups is 1. The summed E-state index contributed by atoms with van der Waals surface area (Å²) in [4.78, 5) is 14.0. The Morgan fingerprint density at radius 2 is 2.18 bits per heavy atom. The highest BCUT2D eigenvalue weighted by Crippen LogP contribution is 2.27. The Balaban J connectivity index is 2.75. The molecule has 1 amide bonds. The standard InChI is InChI=1S/C13H22N2O2/c1-4-12(2,10-14)11(16)15-8-5-6-13(3,17)7-9-15/h17H,4-9H2,1-3H3. The molecule has 1 N–H and O–H groups in total. The van der Waals surface area contributed by atoms with Crippen LogP contribution in [0.15, 0.2) is 0 Å². The Hall–Kier alpha value is -1.08. The van der Waals surface area contributed by atoms with Crippen LogP contribution in [0, 0.1) is 16.7 Å². The Morgan fingerprint density at radius 1 is 1.53 bits per heavy atom. The Kier molecular flexibility index (Phi) is 4.16. The second-order valence-corrected chi connectivity index (χ2v) is 5.44. The first-order valence-corrected chi connectivity index (χ1v) is 6.28. The van der Waals surface area contributed by atoms with Crippen molar-refractivity contribution in [3.63, 3.8) is 0 Å². The SMILES string of the molecule is CCC(C)(C#N)C(=O)N1CCCC(C)(O)CC1.